The standard InChI is InChI=1S/C14H26N2/c1-6-7-8-9-14(4,5)13-12(11(2)3)15-10-16-13/h10-11H,6-9H2,1-5H3,(H,15,16). The van der Waals surface area contributed by atoms with Crippen LogP contribution in [0.15, 0.2) is 6.33 Å². The lowest BCUT2D eigenvalue weighted by molar-refractivity contribution is 0.435. The Balaban J connectivity index is 2.76. The molecule has 0 saturated heterocycles. The third-order valence-electron chi connectivity index (χ3n) is 3.29. The highest BCUT2D eigenvalue weighted by Crippen LogP contribution is 2.32. The summed E-state index contributed by atoms with van der Waals surface area (Å²) in [4.78, 5) is 7.82. The second-order valence-electron chi connectivity index (χ2n) is 5.66. The quantitative estimate of drug-likeness (QED) is 0.710. The van der Waals surface area contributed by atoms with Crippen molar-refractivity contribution < 1.29 is 0 Å². The Morgan fingerprint density at radius 2 is 2.00 bits per heavy atom. The molecule has 92 valence electrons. The average molecular weight is 222 g/mol. The van der Waals surface area contributed by atoms with Gasteiger partial charge >= 0.3 is 0 Å². The minimum atomic E-state index is 0.203. The van der Waals surface area contributed by atoms with Crippen LogP contribution in [-0.2, 0) is 5.41 Å². The second-order valence-corrected chi connectivity index (χ2v) is 5.66. The molecule has 0 aliphatic heterocycles. The minimum absolute atomic E-state index is 0.203. The molecule has 2 heteroatoms. The maximum absolute atomic E-state index is 4.53. The van der Waals surface area contributed by atoms with Gasteiger partial charge in [-0.1, -0.05) is 53.9 Å². The number of nitrogens with one attached hydrogen (secondary N) is 1. The van der Waals surface area contributed by atoms with E-state index in [2.05, 4.69) is 44.6 Å². The summed E-state index contributed by atoms with van der Waals surface area (Å²) < 4.78 is 0. The van der Waals surface area contributed by atoms with E-state index in [4.69, 9.17) is 0 Å². The molecule has 0 amide bonds. The molecule has 1 N–H and O–H groups in total. The number of hydrogen-bond acceptors (Lipinski definition) is 1. The summed E-state index contributed by atoms with van der Waals surface area (Å²) >= 11 is 0. The van der Waals surface area contributed by atoms with E-state index in [1.807, 2.05) is 6.33 Å². The zero-order valence-corrected chi connectivity index (χ0v) is 11.4. The highest BCUT2D eigenvalue weighted by Gasteiger charge is 2.26. The highest BCUT2D eigenvalue weighted by molar-refractivity contribution is 5.23. The normalized spacial score (nSPS) is 12.4. The van der Waals surface area contributed by atoms with Crippen LogP contribution in [0, 0.1) is 0 Å². The Morgan fingerprint density at radius 3 is 2.56 bits per heavy atom. The zero-order chi connectivity index (χ0) is 12.2. The summed E-state index contributed by atoms with van der Waals surface area (Å²) in [5, 5.41) is 0. The van der Waals surface area contributed by atoms with E-state index in [1.165, 1.54) is 37.1 Å². The lowest BCUT2D eigenvalue weighted by Crippen LogP contribution is -2.20. The van der Waals surface area contributed by atoms with Crippen LogP contribution in [0.5, 0.6) is 0 Å². The van der Waals surface area contributed by atoms with E-state index < -0.39 is 0 Å². The van der Waals surface area contributed by atoms with Crippen molar-refractivity contribution in [2.24, 2.45) is 0 Å². The summed E-state index contributed by atoms with van der Waals surface area (Å²) in [6.07, 6.45) is 6.98. The molecule has 1 rings (SSSR count). The molecule has 1 heterocycles. The van der Waals surface area contributed by atoms with Crippen LogP contribution in [0.4, 0.5) is 0 Å². The van der Waals surface area contributed by atoms with Crippen molar-refractivity contribution in [3.05, 3.63) is 17.7 Å². The SMILES string of the molecule is CCCCCC(C)(C)c1nc[nH]c1C(C)C. The van der Waals surface area contributed by atoms with Crippen molar-refractivity contribution >= 4 is 0 Å². The van der Waals surface area contributed by atoms with Gasteiger partial charge in [0, 0.05) is 11.1 Å². The van der Waals surface area contributed by atoms with Crippen molar-refractivity contribution in [3.8, 4) is 0 Å². The van der Waals surface area contributed by atoms with E-state index in [-0.39, 0.29) is 5.41 Å². The first-order valence-corrected chi connectivity index (χ1v) is 6.52. The van der Waals surface area contributed by atoms with Crippen LogP contribution in [-0.4, -0.2) is 9.97 Å². The Morgan fingerprint density at radius 1 is 1.31 bits per heavy atom. The molecule has 0 saturated carbocycles. The highest BCUT2D eigenvalue weighted by atomic mass is 14.9. The van der Waals surface area contributed by atoms with Gasteiger partial charge in [0.1, 0.15) is 0 Å². The summed E-state index contributed by atoms with van der Waals surface area (Å²) in [5.41, 5.74) is 2.77. The van der Waals surface area contributed by atoms with Gasteiger partial charge in [0.15, 0.2) is 0 Å². The Kier molecular flexibility index (Phi) is 4.57. The first kappa shape index (κ1) is 13.3. The fraction of sp³-hybridized carbons (Fsp3) is 0.786. The summed E-state index contributed by atoms with van der Waals surface area (Å²) in [6.45, 7) is 11.3. The molecule has 0 aliphatic carbocycles. The van der Waals surface area contributed by atoms with Gasteiger partial charge in [-0.3, -0.25) is 0 Å². The minimum Gasteiger partial charge on any atom is -0.348 e. The fourth-order valence-corrected chi connectivity index (χ4v) is 2.22. The smallest absolute Gasteiger partial charge is 0.0925 e. The van der Waals surface area contributed by atoms with Crippen molar-refractivity contribution in [2.45, 2.75) is 71.6 Å². The maximum Gasteiger partial charge on any atom is 0.0925 e. The van der Waals surface area contributed by atoms with Gasteiger partial charge in [0.05, 0.1) is 12.0 Å². The lowest BCUT2D eigenvalue weighted by Gasteiger charge is -2.25. The van der Waals surface area contributed by atoms with Gasteiger partial charge in [0.25, 0.3) is 0 Å². The Bertz CT molecular complexity index is 310. The van der Waals surface area contributed by atoms with Gasteiger partial charge in [-0.15, -0.1) is 0 Å². The number of unbranched alkanes of at least 4 members (excludes halogenated alkanes) is 2. The third-order valence-corrected chi connectivity index (χ3v) is 3.29. The van der Waals surface area contributed by atoms with E-state index in [9.17, 15) is 0 Å². The van der Waals surface area contributed by atoms with Crippen molar-refractivity contribution in [1.29, 1.82) is 0 Å². The maximum atomic E-state index is 4.53. The number of aromatic amines is 1. The summed E-state index contributed by atoms with van der Waals surface area (Å²) in [7, 11) is 0. The van der Waals surface area contributed by atoms with Crippen LogP contribution in [0.1, 0.15) is 77.6 Å². The molecule has 0 aromatic carbocycles. The first-order valence-electron chi connectivity index (χ1n) is 6.52. The molecule has 0 bridgehead atoms. The summed E-state index contributed by atoms with van der Waals surface area (Å²) in [5.74, 6) is 0.531. The average Bonchev–Trinajstić information content (AvgIpc) is 2.66. The number of hydrogen-bond donors (Lipinski definition) is 1. The number of aromatic nitrogens is 2. The van der Waals surface area contributed by atoms with Gasteiger partial charge in [0.2, 0.25) is 0 Å². The molecule has 0 spiro atoms. The lowest BCUT2D eigenvalue weighted by atomic mass is 9.81. The second kappa shape index (κ2) is 5.51. The van der Waals surface area contributed by atoms with Gasteiger partial charge in [-0.05, 0) is 12.3 Å². The van der Waals surface area contributed by atoms with Gasteiger partial charge in [-0.25, -0.2) is 4.98 Å². The molecule has 0 fully saturated rings. The van der Waals surface area contributed by atoms with Crippen LogP contribution in [0.25, 0.3) is 0 Å². The molecule has 0 aliphatic rings. The molecule has 16 heavy (non-hydrogen) atoms. The van der Waals surface area contributed by atoms with E-state index in [0.29, 0.717) is 5.92 Å². The Labute approximate surface area is 99.9 Å². The van der Waals surface area contributed by atoms with E-state index in [1.54, 1.807) is 0 Å². The van der Waals surface area contributed by atoms with Crippen molar-refractivity contribution in [1.82, 2.24) is 9.97 Å². The molecule has 2 nitrogen and oxygen atoms in total. The molecule has 1 aromatic rings. The number of imidazole rings is 1. The number of H-pyrrole nitrogens is 1. The molecule has 0 unspecified atom stereocenters. The van der Waals surface area contributed by atoms with Gasteiger partial charge < -0.3 is 4.98 Å². The Hall–Kier alpha value is -0.790. The number of rotatable bonds is 6. The molecular weight excluding hydrogens is 196 g/mol. The summed E-state index contributed by atoms with van der Waals surface area (Å²) in [6, 6.07) is 0. The van der Waals surface area contributed by atoms with Crippen LogP contribution < -0.4 is 0 Å². The van der Waals surface area contributed by atoms with Crippen molar-refractivity contribution in [2.75, 3.05) is 0 Å². The van der Waals surface area contributed by atoms with E-state index in [0.717, 1.165) is 0 Å². The topological polar surface area (TPSA) is 28.7 Å². The van der Waals surface area contributed by atoms with Gasteiger partial charge in [-0.2, -0.15) is 0 Å². The van der Waals surface area contributed by atoms with Crippen molar-refractivity contribution in [3.63, 3.8) is 0 Å². The molecule has 1 aromatic heterocycles. The predicted molar refractivity (Wildman–Crippen MR) is 69.8 cm³/mol. The largest absolute Gasteiger partial charge is 0.348 e. The van der Waals surface area contributed by atoms with Crippen LogP contribution >= 0.6 is 0 Å². The van der Waals surface area contributed by atoms with Crippen LogP contribution in [0.2, 0.25) is 0 Å². The van der Waals surface area contributed by atoms with Crippen LogP contribution in [0.3, 0.4) is 0 Å². The monoisotopic (exact) mass is 222 g/mol. The molecule has 0 radical (unpaired) electrons. The first-order chi connectivity index (χ1) is 7.49. The number of nitrogens with zero attached hydrogens (tertiary/aromatic N) is 1. The van der Waals surface area contributed by atoms with E-state index >= 15 is 0 Å². The predicted octanol–water partition coefficient (Wildman–Crippen LogP) is 4.39. The molecule has 0 atom stereocenters. The fourth-order valence-electron chi connectivity index (χ4n) is 2.22. The third kappa shape index (κ3) is 3.10. The molecular formula is C14H26N2. The zero-order valence-electron chi connectivity index (χ0n) is 11.4.